The van der Waals surface area contributed by atoms with E-state index in [-0.39, 0.29) is 5.70 Å². The molecule has 0 spiro atoms. The van der Waals surface area contributed by atoms with Gasteiger partial charge in [-0.15, -0.1) is 0 Å². The molecule has 0 atom stereocenters. The quantitative estimate of drug-likeness (QED) is 0.409. The van der Waals surface area contributed by atoms with Crippen molar-refractivity contribution in [2.75, 3.05) is 0 Å². The van der Waals surface area contributed by atoms with Crippen LogP contribution in [0.25, 0.3) is 0 Å². The Kier molecular flexibility index (Phi) is 4.47. The predicted octanol–water partition coefficient (Wildman–Crippen LogP) is 1.71. The van der Waals surface area contributed by atoms with E-state index in [0.717, 1.165) is 6.20 Å². The Labute approximate surface area is 76.2 Å². The van der Waals surface area contributed by atoms with Crippen LogP contribution in [0.15, 0.2) is 35.7 Å². The number of rotatable bonds is 4. The SMILES string of the molecule is C=C(C)C(=CC(C)=CN[O-])[N+](=O)[O-]. The monoisotopic (exact) mass is 183 g/mol. The molecule has 0 aromatic rings. The molecule has 5 nitrogen and oxygen atoms in total. The number of allylic oxidation sites excluding steroid dienone is 3. The minimum atomic E-state index is -0.537. The van der Waals surface area contributed by atoms with Crippen molar-refractivity contribution in [3.05, 3.63) is 51.0 Å². The highest BCUT2D eigenvalue weighted by molar-refractivity contribution is 5.28. The van der Waals surface area contributed by atoms with E-state index in [4.69, 9.17) is 0 Å². The van der Waals surface area contributed by atoms with Crippen LogP contribution in [0.4, 0.5) is 0 Å². The van der Waals surface area contributed by atoms with Crippen LogP contribution in [0.5, 0.6) is 0 Å². The van der Waals surface area contributed by atoms with Gasteiger partial charge in [0, 0.05) is 11.6 Å². The van der Waals surface area contributed by atoms with Crippen LogP contribution in [-0.2, 0) is 0 Å². The Morgan fingerprint density at radius 3 is 2.38 bits per heavy atom. The van der Waals surface area contributed by atoms with Gasteiger partial charge in [-0.05, 0) is 25.6 Å². The lowest BCUT2D eigenvalue weighted by molar-refractivity contribution is -0.420. The van der Waals surface area contributed by atoms with Crippen LogP contribution in [-0.4, -0.2) is 4.92 Å². The topological polar surface area (TPSA) is 78.2 Å². The average molecular weight is 183 g/mol. The van der Waals surface area contributed by atoms with E-state index in [1.807, 2.05) is 0 Å². The Bertz CT molecular complexity index is 263. The maximum absolute atomic E-state index is 10.4. The summed E-state index contributed by atoms with van der Waals surface area (Å²) in [5.41, 5.74) is 2.28. The number of nitrogens with one attached hydrogen (secondary N) is 1. The van der Waals surface area contributed by atoms with Crippen LogP contribution in [0.3, 0.4) is 0 Å². The van der Waals surface area contributed by atoms with E-state index in [9.17, 15) is 15.3 Å². The van der Waals surface area contributed by atoms with Crippen molar-refractivity contribution in [3.63, 3.8) is 0 Å². The molecule has 0 saturated carbocycles. The fourth-order valence-corrected chi connectivity index (χ4v) is 0.682. The number of hydrogen-bond acceptors (Lipinski definition) is 4. The first-order chi connectivity index (χ1) is 5.99. The number of nitrogens with zero attached hydrogens (tertiary/aromatic N) is 1. The number of hydroxylamine groups is 1. The lowest BCUT2D eigenvalue weighted by Crippen LogP contribution is -2.00. The van der Waals surface area contributed by atoms with Crippen molar-refractivity contribution in [3.8, 4) is 0 Å². The third kappa shape index (κ3) is 4.07. The minimum Gasteiger partial charge on any atom is -0.761 e. The van der Waals surface area contributed by atoms with Crippen LogP contribution < -0.4 is 5.48 Å². The summed E-state index contributed by atoms with van der Waals surface area (Å²) in [6.07, 6.45) is 2.42. The molecule has 0 radical (unpaired) electrons. The smallest absolute Gasteiger partial charge is 0.272 e. The van der Waals surface area contributed by atoms with Gasteiger partial charge in [0.05, 0.1) is 4.92 Å². The lowest BCUT2D eigenvalue weighted by Gasteiger charge is -2.02. The second-order valence-electron chi connectivity index (χ2n) is 2.57. The van der Waals surface area contributed by atoms with Crippen LogP contribution >= 0.6 is 0 Å². The third-order valence-corrected chi connectivity index (χ3v) is 1.28. The first kappa shape index (κ1) is 11.4. The summed E-state index contributed by atoms with van der Waals surface area (Å²) in [6.45, 7) is 6.57. The van der Waals surface area contributed by atoms with Gasteiger partial charge in [0.25, 0.3) is 5.70 Å². The summed E-state index contributed by atoms with van der Waals surface area (Å²) in [5, 5.41) is 20.3. The predicted molar refractivity (Wildman–Crippen MR) is 50.2 cm³/mol. The summed E-state index contributed by atoms with van der Waals surface area (Å²) in [5.74, 6) is 0. The molecule has 0 aliphatic rings. The molecule has 0 heterocycles. The summed E-state index contributed by atoms with van der Waals surface area (Å²) in [4.78, 5) is 9.89. The Balaban J connectivity index is 4.84. The van der Waals surface area contributed by atoms with E-state index < -0.39 is 4.92 Å². The molecule has 0 aromatic carbocycles. The fraction of sp³-hybridized carbons (Fsp3) is 0.250. The van der Waals surface area contributed by atoms with Crippen molar-refractivity contribution >= 4 is 0 Å². The molecular weight excluding hydrogens is 172 g/mol. The highest BCUT2D eigenvalue weighted by Crippen LogP contribution is 2.10. The Morgan fingerprint density at radius 1 is 1.54 bits per heavy atom. The molecule has 5 heteroatoms. The van der Waals surface area contributed by atoms with Gasteiger partial charge < -0.3 is 10.7 Å². The second kappa shape index (κ2) is 5.10. The van der Waals surface area contributed by atoms with Crippen molar-refractivity contribution in [1.29, 1.82) is 0 Å². The van der Waals surface area contributed by atoms with Gasteiger partial charge in [-0.2, -0.15) is 0 Å². The summed E-state index contributed by atoms with van der Waals surface area (Å²) in [6, 6.07) is 0. The summed E-state index contributed by atoms with van der Waals surface area (Å²) < 4.78 is 0. The maximum Gasteiger partial charge on any atom is 0.272 e. The normalized spacial score (nSPS) is 12.5. The molecule has 0 unspecified atom stereocenters. The molecular formula is C8H11N2O3-. The molecule has 0 aliphatic carbocycles. The van der Waals surface area contributed by atoms with E-state index in [2.05, 4.69) is 6.58 Å². The molecule has 1 N–H and O–H groups in total. The van der Waals surface area contributed by atoms with Gasteiger partial charge >= 0.3 is 0 Å². The van der Waals surface area contributed by atoms with E-state index in [0.29, 0.717) is 11.1 Å². The van der Waals surface area contributed by atoms with Gasteiger partial charge in [-0.3, -0.25) is 10.1 Å². The van der Waals surface area contributed by atoms with E-state index in [1.165, 1.54) is 13.0 Å². The fourth-order valence-electron chi connectivity index (χ4n) is 0.682. The van der Waals surface area contributed by atoms with Gasteiger partial charge in [-0.1, -0.05) is 6.58 Å². The molecule has 0 saturated heterocycles. The van der Waals surface area contributed by atoms with Crippen molar-refractivity contribution in [1.82, 2.24) is 5.48 Å². The van der Waals surface area contributed by atoms with Crippen LogP contribution in [0.1, 0.15) is 13.8 Å². The van der Waals surface area contributed by atoms with Crippen LogP contribution in [0, 0.1) is 15.3 Å². The van der Waals surface area contributed by atoms with Gasteiger partial charge in [-0.25, -0.2) is 0 Å². The highest BCUT2D eigenvalue weighted by Gasteiger charge is 2.10. The van der Waals surface area contributed by atoms with Gasteiger partial charge in [0.2, 0.25) is 0 Å². The van der Waals surface area contributed by atoms with Crippen molar-refractivity contribution < 1.29 is 4.92 Å². The number of hydrogen-bond donors (Lipinski definition) is 1. The van der Waals surface area contributed by atoms with Gasteiger partial charge in [0.1, 0.15) is 0 Å². The van der Waals surface area contributed by atoms with Gasteiger partial charge in [0.15, 0.2) is 0 Å². The summed E-state index contributed by atoms with van der Waals surface area (Å²) >= 11 is 0. The highest BCUT2D eigenvalue weighted by atomic mass is 16.6. The zero-order chi connectivity index (χ0) is 10.4. The van der Waals surface area contributed by atoms with Crippen molar-refractivity contribution in [2.24, 2.45) is 0 Å². The minimum absolute atomic E-state index is 0.0935. The molecule has 72 valence electrons. The lowest BCUT2D eigenvalue weighted by atomic mass is 10.2. The van der Waals surface area contributed by atoms with Crippen molar-refractivity contribution in [2.45, 2.75) is 13.8 Å². The Hall–Kier alpha value is -1.62. The largest absolute Gasteiger partial charge is 0.761 e. The molecule has 0 aromatic heterocycles. The van der Waals surface area contributed by atoms with E-state index in [1.54, 1.807) is 12.4 Å². The summed E-state index contributed by atoms with van der Waals surface area (Å²) in [7, 11) is 0. The molecule has 0 bridgehead atoms. The van der Waals surface area contributed by atoms with Crippen LogP contribution in [0.2, 0.25) is 0 Å². The zero-order valence-corrected chi connectivity index (χ0v) is 7.53. The molecule has 0 amide bonds. The zero-order valence-electron chi connectivity index (χ0n) is 7.53. The molecule has 0 aliphatic heterocycles. The molecule has 0 fully saturated rings. The first-order valence-corrected chi connectivity index (χ1v) is 3.55. The Morgan fingerprint density at radius 2 is 2.08 bits per heavy atom. The third-order valence-electron chi connectivity index (χ3n) is 1.28. The first-order valence-electron chi connectivity index (χ1n) is 3.55. The average Bonchev–Trinajstić information content (AvgIpc) is 1.99. The standard InChI is InChI=1S/C8H11N2O3/c1-6(2)8(10(12)13)4-7(3)5-9-11/h4-5,9H,1H2,2-3H3/q-1. The number of nitro groups is 1. The maximum atomic E-state index is 10.4. The second-order valence-corrected chi connectivity index (χ2v) is 2.57. The molecule has 13 heavy (non-hydrogen) atoms. The molecule has 0 rings (SSSR count). The van der Waals surface area contributed by atoms with E-state index >= 15 is 0 Å².